The highest BCUT2D eigenvalue weighted by molar-refractivity contribution is 8.01. The number of nitrogens with one attached hydrogen (secondary N) is 1. The molecule has 0 atom stereocenters. The fourth-order valence-electron chi connectivity index (χ4n) is 3.14. The molecule has 0 radical (unpaired) electrons. The van der Waals surface area contributed by atoms with Crippen LogP contribution in [0.2, 0.25) is 0 Å². The number of hydrogen-bond acceptors (Lipinski definition) is 7. The maximum Gasteiger partial charge on any atom is 0.210 e. The number of thioether (sulfide) groups is 1. The van der Waals surface area contributed by atoms with Gasteiger partial charge in [0.05, 0.1) is 18.0 Å². The zero-order valence-corrected chi connectivity index (χ0v) is 18.8. The maximum atomic E-state index is 12.7. The molecule has 0 unspecified atom stereocenters. The summed E-state index contributed by atoms with van der Waals surface area (Å²) in [5, 5.41) is 12.3. The van der Waals surface area contributed by atoms with Gasteiger partial charge in [0.2, 0.25) is 5.13 Å². The summed E-state index contributed by atoms with van der Waals surface area (Å²) in [6, 6.07) is 9.71. The third-order valence-electron chi connectivity index (χ3n) is 4.48. The number of Topliss-reactive ketones (excluding diaryl/α,β-unsaturated/α-hetero) is 1. The van der Waals surface area contributed by atoms with Gasteiger partial charge in [-0.05, 0) is 45.4 Å². The van der Waals surface area contributed by atoms with Crippen LogP contribution >= 0.6 is 23.1 Å². The topological polar surface area (TPSA) is 69.0 Å². The molecule has 0 spiro atoms. The van der Waals surface area contributed by atoms with Crippen LogP contribution in [-0.2, 0) is 6.54 Å². The van der Waals surface area contributed by atoms with Crippen molar-refractivity contribution in [2.75, 3.05) is 17.7 Å². The molecule has 3 aromatic rings. The Morgan fingerprint density at radius 3 is 2.79 bits per heavy atom. The number of ether oxygens (including phenoxy) is 1. The molecule has 0 bridgehead atoms. The predicted molar refractivity (Wildman–Crippen MR) is 120 cm³/mol. The van der Waals surface area contributed by atoms with Crippen molar-refractivity contribution < 1.29 is 9.53 Å². The average molecular weight is 431 g/mol. The van der Waals surface area contributed by atoms with Gasteiger partial charge < -0.3 is 14.6 Å². The molecule has 0 amide bonds. The molecule has 0 saturated heterocycles. The van der Waals surface area contributed by atoms with E-state index in [1.807, 2.05) is 44.2 Å². The third-order valence-corrected chi connectivity index (χ3v) is 6.45. The molecule has 1 aromatic carbocycles. The van der Waals surface area contributed by atoms with E-state index >= 15 is 0 Å². The van der Waals surface area contributed by atoms with Gasteiger partial charge in [-0.25, -0.2) is 0 Å². The molecule has 8 heteroatoms. The smallest absolute Gasteiger partial charge is 0.210 e. The Labute approximate surface area is 179 Å². The second-order valence-corrected chi connectivity index (χ2v) is 8.78. The lowest BCUT2D eigenvalue weighted by atomic mass is 10.2. The Hall–Kier alpha value is -2.32. The summed E-state index contributed by atoms with van der Waals surface area (Å²) in [6.45, 7) is 9.69. The van der Waals surface area contributed by atoms with Crippen LogP contribution in [0.25, 0.3) is 0 Å². The number of carbonyl (C=O) groups excluding carboxylic acids is 1. The minimum Gasteiger partial charge on any atom is -0.492 e. The minimum absolute atomic E-state index is 0.122. The van der Waals surface area contributed by atoms with E-state index in [0.717, 1.165) is 45.7 Å². The normalized spacial score (nSPS) is 10.9. The fraction of sp³-hybridized carbons (Fsp3) is 0.381. The van der Waals surface area contributed by atoms with Crippen LogP contribution in [0, 0.1) is 13.8 Å². The summed E-state index contributed by atoms with van der Waals surface area (Å²) in [5.41, 5.74) is 3.83. The summed E-state index contributed by atoms with van der Waals surface area (Å²) in [6.07, 6.45) is 1.05. The fourth-order valence-corrected chi connectivity index (χ4v) is 4.79. The maximum absolute atomic E-state index is 12.7. The van der Waals surface area contributed by atoms with Gasteiger partial charge in [-0.3, -0.25) is 4.79 Å². The van der Waals surface area contributed by atoms with Crippen molar-refractivity contribution in [3.63, 3.8) is 0 Å². The van der Waals surface area contributed by atoms with Crippen molar-refractivity contribution in [3.05, 3.63) is 47.3 Å². The highest BCUT2D eigenvalue weighted by atomic mass is 32.2. The van der Waals surface area contributed by atoms with Gasteiger partial charge in [0, 0.05) is 23.5 Å². The SMILES string of the molecule is CCCn1c(C)cc(C(=O)CSc2nnc(Nc3ccccc3OCC)s2)c1C. The standard InChI is InChI=1S/C21H26N4O2S2/c1-5-11-25-14(3)12-16(15(25)4)18(26)13-28-21-24-23-20(29-21)22-17-9-7-8-10-19(17)27-6-2/h7-10,12H,5-6,11,13H2,1-4H3,(H,22,23). The van der Waals surface area contributed by atoms with Crippen LogP contribution in [0.3, 0.4) is 0 Å². The Bertz CT molecular complexity index is 981. The van der Waals surface area contributed by atoms with Crippen molar-refractivity contribution in [3.8, 4) is 5.75 Å². The Morgan fingerprint density at radius 2 is 2.03 bits per heavy atom. The molecule has 29 heavy (non-hydrogen) atoms. The van der Waals surface area contributed by atoms with Gasteiger partial charge in [-0.2, -0.15) is 0 Å². The number of aromatic nitrogens is 3. The molecular weight excluding hydrogens is 404 g/mol. The number of rotatable bonds is 10. The number of hydrogen-bond donors (Lipinski definition) is 1. The predicted octanol–water partition coefficient (Wildman–Crippen LogP) is 5.48. The molecule has 0 aliphatic rings. The molecule has 3 rings (SSSR count). The minimum atomic E-state index is 0.122. The Balaban J connectivity index is 1.63. The van der Waals surface area contributed by atoms with E-state index in [9.17, 15) is 4.79 Å². The van der Waals surface area contributed by atoms with E-state index in [4.69, 9.17) is 4.74 Å². The van der Waals surface area contributed by atoms with E-state index in [1.54, 1.807) is 0 Å². The lowest BCUT2D eigenvalue weighted by Gasteiger charge is -2.09. The van der Waals surface area contributed by atoms with Gasteiger partial charge in [0.25, 0.3) is 0 Å². The van der Waals surface area contributed by atoms with Crippen molar-refractivity contribution in [2.45, 2.75) is 45.0 Å². The van der Waals surface area contributed by atoms with Crippen molar-refractivity contribution in [1.29, 1.82) is 0 Å². The molecule has 0 aliphatic carbocycles. The second kappa shape index (κ2) is 9.93. The Morgan fingerprint density at radius 1 is 1.24 bits per heavy atom. The number of benzene rings is 1. The first-order chi connectivity index (χ1) is 14.0. The second-order valence-electron chi connectivity index (χ2n) is 6.58. The van der Waals surface area contributed by atoms with Crippen molar-refractivity contribution >= 4 is 39.7 Å². The van der Waals surface area contributed by atoms with E-state index < -0.39 is 0 Å². The largest absolute Gasteiger partial charge is 0.492 e. The first kappa shape index (κ1) is 21.4. The lowest BCUT2D eigenvalue weighted by molar-refractivity contribution is 0.102. The van der Waals surface area contributed by atoms with Crippen LogP contribution in [0.1, 0.15) is 42.0 Å². The van der Waals surface area contributed by atoms with Crippen LogP contribution < -0.4 is 10.1 Å². The molecule has 6 nitrogen and oxygen atoms in total. The first-order valence-corrected chi connectivity index (χ1v) is 11.5. The van der Waals surface area contributed by atoms with Gasteiger partial charge in [-0.1, -0.05) is 42.2 Å². The zero-order chi connectivity index (χ0) is 20.8. The van der Waals surface area contributed by atoms with Gasteiger partial charge in [0.15, 0.2) is 10.1 Å². The molecule has 2 heterocycles. The summed E-state index contributed by atoms with van der Waals surface area (Å²) in [5.74, 6) is 1.24. The molecule has 0 saturated carbocycles. The summed E-state index contributed by atoms with van der Waals surface area (Å²) < 4.78 is 8.60. The Kier molecular flexibility index (Phi) is 7.33. The highest BCUT2D eigenvalue weighted by Gasteiger charge is 2.17. The summed E-state index contributed by atoms with van der Waals surface area (Å²) in [7, 11) is 0. The third kappa shape index (κ3) is 5.19. The lowest BCUT2D eigenvalue weighted by Crippen LogP contribution is -2.06. The number of carbonyl (C=O) groups is 1. The van der Waals surface area contributed by atoms with Crippen LogP contribution in [0.4, 0.5) is 10.8 Å². The molecule has 0 aliphatic heterocycles. The molecule has 1 N–H and O–H groups in total. The van der Waals surface area contributed by atoms with Crippen LogP contribution in [0.5, 0.6) is 5.75 Å². The van der Waals surface area contributed by atoms with Crippen molar-refractivity contribution in [1.82, 2.24) is 14.8 Å². The summed E-state index contributed by atoms with van der Waals surface area (Å²) >= 11 is 2.85. The van der Waals surface area contributed by atoms with Crippen LogP contribution in [-0.4, -0.2) is 32.9 Å². The molecule has 2 aromatic heterocycles. The number of anilines is 2. The number of nitrogens with zero attached hydrogens (tertiary/aromatic N) is 3. The monoisotopic (exact) mass is 430 g/mol. The van der Waals surface area contributed by atoms with Gasteiger partial charge in [0.1, 0.15) is 5.75 Å². The summed E-state index contributed by atoms with van der Waals surface area (Å²) in [4.78, 5) is 12.7. The number of aryl methyl sites for hydroxylation is 1. The average Bonchev–Trinajstić information content (AvgIpc) is 3.27. The van der Waals surface area contributed by atoms with E-state index in [2.05, 4.69) is 33.9 Å². The molecule has 0 fully saturated rings. The van der Waals surface area contributed by atoms with E-state index in [0.29, 0.717) is 17.5 Å². The quantitative estimate of drug-likeness (QED) is 0.339. The van der Waals surface area contributed by atoms with Crippen LogP contribution in [0.15, 0.2) is 34.7 Å². The number of ketones is 1. The van der Waals surface area contributed by atoms with Crippen molar-refractivity contribution in [2.24, 2.45) is 0 Å². The molecule has 154 valence electrons. The molecular formula is C21H26N4O2S2. The number of para-hydroxylation sites is 2. The van der Waals surface area contributed by atoms with Gasteiger partial charge in [-0.15, -0.1) is 10.2 Å². The zero-order valence-electron chi connectivity index (χ0n) is 17.2. The first-order valence-electron chi connectivity index (χ1n) is 9.68. The van der Waals surface area contributed by atoms with Gasteiger partial charge >= 0.3 is 0 Å². The van der Waals surface area contributed by atoms with E-state index in [-0.39, 0.29) is 5.78 Å². The van der Waals surface area contributed by atoms with E-state index in [1.165, 1.54) is 23.1 Å². The highest BCUT2D eigenvalue weighted by Crippen LogP contribution is 2.32.